The van der Waals surface area contributed by atoms with Crippen LogP contribution in [0.5, 0.6) is 0 Å². The summed E-state index contributed by atoms with van der Waals surface area (Å²) in [6, 6.07) is 0.0340. The molecular weight excluding hydrogens is 182 g/mol. The monoisotopic (exact) mass is 205 g/mol. The second kappa shape index (κ2) is 7.24. The van der Waals surface area contributed by atoms with E-state index in [1.807, 2.05) is 19.1 Å². The second-order valence-electron chi connectivity index (χ2n) is 3.66. The maximum atomic E-state index is 5.79. The Morgan fingerprint density at radius 2 is 1.87 bits per heavy atom. The standard InChI is InChI=1S/C14H23N/c1-6-11(4)13(7-2)9-10-14(8-3)12(5)15/h8-10,12H,3-4,6-7,15H2,1-2,5H3/b13-9+,14-10+. The minimum atomic E-state index is 0.0340. The van der Waals surface area contributed by atoms with Crippen molar-refractivity contribution in [1.29, 1.82) is 0 Å². The molecule has 84 valence electrons. The molecule has 0 amide bonds. The van der Waals surface area contributed by atoms with Gasteiger partial charge in [-0.1, -0.05) is 50.8 Å². The Kier molecular flexibility index (Phi) is 6.72. The van der Waals surface area contributed by atoms with Gasteiger partial charge in [-0.3, -0.25) is 0 Å². The fourth-order valence-corrected chi connectivity index (χ4v) is 1.32. The highest BCUT2D eigenvalue weighted by molar-refractivity contribution is 5.35. The first kappa shape index (κ1) is 13.9. The lowest BCUT2D eigenvalue weighted by molar-refractivity contribution is 0.885. The van der Waals surface area contributed by atoms with Crippen molar-refractivity contribution < 1.29 is 0 Å². The van der Waals surface area contributed by atoms with Gasteiger partial charge in [0.05, 0.1) is 0 Å². The predicted octanol–water partition coefficient (Wildman–Crippen LogP) is 3.75. The lowest BCUT2D eigenvalue weighted by atomic mass is 10.0. The molecule has 0 heterocycles. The van der Waals surface area contributed by atoms with E-state index >= 15 is 0 Å². The lowest BCUT2D eigenvalue weighted by Gasteiger charge is -2.07. The molecule has 0 aliphatic heterocycles. The Bertz CT molecular complexity index is 280. The van der Waals surface area contributed by atoms with Crippen LogP contribution in [0.15, 0.2) is 48.1 Å². The number of allylic oxidation sites excluding steroid dienone is 4. The molecular formula is C14H23N. The zero-order valence-corrected chi connectivity index (χ0v) is 10.2. The second-order valence-corrected chi connectivity index (χ2v) is 3.66. The average Bonchev–Trinajstić information content (AvgIpc) is 2.23. The third-order valence-corrected chi connectivity index (χ3v) is 2.50. The minimum absolute atomic E-state index is 0.0340. The van der Waals surface area contributed by atoms with Crippen molar-refractivity contribution in [3.63, 3.8) is 0 Å². The van der Waals surface area contributed by atoms with Gasteiger partial charge in [0.2, 0.25) is 0 Å². The molecule has 1 heteroatoms. The van der Waals surface area contributed by atoms with Gasteiger partial charge in [0.1, 0.15) is 0 Å². The molecule has 15 heavy (non-hydrogen) atoms. The summed E-state index contributed by atoms with van der Waals surface area (Å²) in [7, 11) is 0. The predicted molar refractivity (Wildman–Crippen MR) is 69.7 cm³/mol. The molecule has 0 rings (SSSR count). The maximum absolute atomic E-state index is 5.79. The number of hydrogen-bond acceptors (Lipinski definition) is 1. The summed E-state index contributed by atoms with van der Waals surface area (Å²) in [6.45, 7) is 14.0. The van der Waals surface area contributed by atoms with Gasteiger partial charge in [0.15, 0.2) is 0 Å². The van der Waals surface area contributed by atoms with E-state index in [1.165, 1.54) is 11.1 Å². The van der Waals surface area contributed by atoms with Gasteiger partial charge >= 0.3 is 0 Å². The van der Waals surface area contributed by atoms with Crippen LogP contribution in [-0.2, 0) is 0 Å². The molecule has 0 aliphatic rings. The van der Waals surface area contributed by atoms with Gasteiger partial charge < -0.3 is 5.73 Å². The first-order valence-electron chi connectivity index (χ1n) is 5.53. The van der Waals surface area contributed by atoms with Gasteiger partial charge in [-0.05, 0) is 30.9 Å². The van der Waals surface area contributed by atoms with Crippen molar-refractivity contribution in [2.24, 2.45) is 5.73 Å². The van der Waals surface area contributed by atoms with Gasteiger partial charge in [-0.15, -0.1) is 0 Å². The fourth-order valence-electron chi connectivity index (χ4n) is 1.32. The van der Waals surface area contributed by atoms with E-state index in [0.29, 0.717) is 0 Å². The smallest absolute Gasteiger partial charge is 0.0265 e. The fraction of sp³-hybridized carbons (Fsp3) is 0.429. The first-order valence-corrected chi connectivity index (χ1v) is 5.53. The number of rotatable bonds is 6. The average molecular weight is 205 g/mol. The van der Waals surface area contributed by atoms with E-state index < -0.39 is 0 Å². The summed E-state index contributed by atoms with van der Waals surface area (Å²) in [4.78, 5) is 0. The van der Waals surface area contributed by atoms with E-state index in [4.69, 9.17) is 5.73 Å². The largest absolute Gasteiger partial charge is 0.324 e. The molecule has 1 atom stereocenters. The Morgan fingerprint density at radius 3 is 2.20 bits per heavy atom. The topological polar surface area (TPSA) is 26.0 Å². The van der Waals surface area contributed by atoms with Crippen LogP contribution in [0.3, 0.4) is 0 Å². The quantitative estimate of drug-likeness (QED) is 0.657. The third kappa shape index (κ3) is 4.80. The van der Waals surface area contributed by atoms with Gasteiger partial charge in [-0.2, -0.15) is 0 Å². The van der Waals surface area contributed by atoms with Gasteiger partial charge in [-0.25, -0.2) is 0 Å². The highest BCUT2D eigenvalue weighted by atomic mass is 14.6. The molecule has 0 aromatic rings. The molecule has 1 unspecified atom stereocenters. The van der Waals surface area contributed by atoms with Crippen molar-refractivity contribution in [3.05, 3.63) is 48.1 Å². The van der Waals surface area contributed by atoms with Crippen LogP contribution >= 0.6 is 0 Å². The van der Waals surface area contributed by atoms with Crippen molar-refractivity contribution in [2.75, 3.05) is 0 Å². The van der Waals surface area contributed by atoms with Crippen molar-refractivity contribution in [3.8, 4) is 0 Å². The van der Waals surface area contributed by atoms with E-state index in [2.05, 4.69) is 33.1 Å². The van der Waals surface area contributed by atoms with E-state index in [9.17, 15) is 0 Å². The highest BCUT2D eigenvalue weighted by Gasteiger charge is 1.99. The molecule has 0 saturated carbocycles. The van der Waals surface area contributed by atoms with Gasteiger partial charge in [0, 0.05) is 6.04 Å². The molecule has 0 aliphatic carbocycles. The zero-order valence-electron chi connectivity index (χ0n) is 10.2. The van der Waals surface area contributed by atoms with E-state index in [1.54, 1.807) is 0 Å². The molecule has 0 aromatic carbocycles. The molecule has 1 nitrogen and oxygen atoms in total. The van der Waals surface area contributed by atoms with Crippen molar-refractivity contribution >= 4 is 0 Å². The molecule has 0 aromatic heterocycles. The zero-order chi connectivity index (χ0) is 11.8. The van der Waals surface area contributed by atoms with Crippen molar-refractivity contribution in [1.82, 2.24) is 0 Å². The summed E-state index contributed by atoms with van der Waals surface area (Å²) in [5, 5.41) is 0. The lowest BCUT2D eigenvalue weighted by Crippen LogP contribution is -2.16. The van der Waals surface area contributed by atoms with E-state index in [0.717, 1.165) is 18.4 Å². The summed E-state index contributed by atoms with van der Waals surface area (Å²) < 4.78 is 0. The summed E-state index contributed by atoms with van der Waals surface area (Å²) in [5.74, 6) is 0. The van der Waals surface area contributed by atoms with Crippen LogP contribution < -0.4 is 5.73 Å². The van der Waals surface area contributed by atoms with E-state index in [-0.39, 0.29) is 6.04 Å². The molecule has 0 saturated heterocycles. The van der Waals surface area contributed by atoms with Crippen LogP contribution in [0.25, 0.3) is 0 Å². The maximum Gasteiger partial charge on any atom is 0.0265 e. The minimum Gasteiger partial charge on any atom is -0.324 e. The van der Waals surface area contributed by atoms with Crippen molar-refractivity contribution in [2.45, 2.75) is 39.7 Å². The molecule has 0 spiro atoms. The number of hydrogen-bond donors (Lipinski definition) is 1. The third-order valence-electron chi connectivity index (χ3n) is 2.50. The molecule has 0 radical (unpaired) electrons. The van der Waals surface area contributed by atoms with Crippen LogP contribution in [-0.4, -0.2) is 6.04 Å². The Hall–Kier alpha value is -1.08. The normalized spacial score (nSPS) is 14.9. The number of nitrogens with two attached hydrogens (primary N) is 1. The molecule has 0 fully saturated rings. The van der Waals surface area contributed by atoms with Gasteiger partial charge in [0.25, 0.3) is 0 Å². The summed E-state index contributed by atoms with van der Waals surface area (Å²) >= 11 is 0. The van der Waals surface area contributed by atoms with Crippen LogP contribution in [0.4, 0.5) is 0 Å². The Labute approximate surface area is 94.1 Å². The summed E-state index contributed by atoms with van der Waals surface area (Å²) in [5.41, 5.74) is 9.34. The Balaban J connectivity index is 4.84. The summed E-state index contributed by atoms with van der Waals surface area (Å²) in [6.07, 6.45) is 7.95. The SMILES string of the molecule is C=C/C(=C\C=C(/CC)C(=C)CC)C(C)N. The Morgan fingerprint density at radius 1 is 1.27 bits per heavy atom. The molecule has 2 N–H and O–H groups in total. The van der Waals surface area contributed by atoms with Crippen LogP contribution in [0.1, 0.15) is 33.6 Å². The first-order chi connectivity index (χ1) is 7.06. The molecule has 0 bridgehead atoms. The highest BCUT2D eigenvalue weighted by Crippen LogP contribution is 2.16. The van der Waals surface area contributed by atoms with Crippen LogP contribution in [0.2, 0.25) is 0 Å². The van der Waals surface area contributed by atoms with Crippen LogP contribution in [0, 0.1) is 0 Å².